The predicted molar refractivity (Wildman–Crippen MR) is 87.5 cm³/mol. The van der Waals surface area contributed by atoms with Crippen molar-refractivity contribution in [2.75, 3.05) is 19.7 Å². The molecule has 4 nitrogen and oxygen atoms in total. The van der Waals surface area contributed by atoms with Gasteiger partial charge in [-0.05, 0) is 12.0 Å². The van der Waals surface area contributed by atoms with Crippen molar-refractivity contribution < 1.29 is 9.53 Å². The van der Waals surface area contributed by atoms with E-state index < -0.39 is 0 Å². The second-order valence-corrected chi connectivity index (χ2v) is 6.32. The average Bonchev–Trinajstić information content (AvgIpc) is 2.86. The van der Waals surface area contributed by atoms with E-state index in [0.717, 1.165) is 11.3 Å². The Morgan fingerprint density at radius 3 is 2.86 bits per heavy atom. The zero-order chi connectivity index (χ0) is 15.4. The van der Waals surface area contributed by atoms with Gasteiger partial charge in [-0.3, -0.25) is 4.79 Å². The Morgan fingerprint density at radius 2 is 2.19 bits per heavy atom. The zero-order valence-electron chi connectivity index (χ0n) is 12.5. The van der Waals surface area contributed by atoms with Crippen molar-refractivity contribution in [2.45, 2.75) is 26.2 Å². The predicted octanol–water partition coefficient (Wildman–Crippen LogP) is 2.32. The Balaban J connectivity index is 2.12. The maximum absolute atomic E-state index is 12.8. The monoisotopic (exact) mass is 306 g/mol. The van der Waals surface area contributed by atoms with Crippen molar-refractivity contribution in [3.05, 3.63) is 29.8 Å². The van der Waals surface area contributed by atoms with Crippen molar-refractivity contribution >= 4 is 23.1 Å². The van der Waals surface area contributed by atoms with E-state index in [1.54, 1.807) is 0 Å². The topological polar surface area (TPSA) is 55.6 Å². The number of ether oxygens (including phenoxy) is 1. The van der Waals surface area contributed by atoms with Gasteiger partial charge in [0.2, 0.25) is 5.91 Å². The molecule has 0 saturated heterocycles. The van der Waals surface area contributed by atoms with Gasteiger partial charge in [0.15, 0.2) is 0 Å². The molecule has 5 heteroatoms. The van der Waals surface area contributed by atoms with Crippen molar-refractivity contribution in [3.8, 4) is 5.75 Å². The first-order valence-corrected chi connectivity index (χ1v) is 7.68. The summed E-state index contributed by atoms with van der Waals surface area (Å²) >= 11 is 4.93. The smallest absolute Gasteiger partial charge is 0.233 e. The van der Waals surface area contributed by atoms with Crippen LogP contribution < -0.4 is 10.5 Å². The highest BCUT2D eigenvalue weighted by Gasteiger charge is 2.33. The molecule has 0 spiro atoms. The molecule has 0 fully saturated rings. The molecule has 1 aromatic carbocycles. The van der Waals surface area contributed by atoms with Crippen LogP contribution >= 0.6 is 12.2 Å². The summed E-state index contributed by atoms with van der Waals surface area (Å²) in [6, 6.07) is 7.73. The molecule has 0 bridgehead atoms. The van der Waals surface area contributed by atoms with Crippen molar-refractivity contribution in [2.24, 2.45) is 11.7 Å². The quantitative estimate of drug-likeness (QED) is 0.820. The summed E-state index contributed by atoms with van der Waals surface area (Å²) in [6.07, 6.45) is 0.559. The van der Waals surface area contributed by atoms with E-state index in [1.807, 2.05) is 29.2 Å². The standard InChI is InChI=1S/C16H22N2O2S/c1-11(2)9-18(8-7-15(17)21)16(19)13-10-20-14-6-4-3-5-12(13)14/h3-6,11,13H,7-10H2,1-2H3,(H2,17,21). The number of amides is 1. The highest BCUT2D eigenvalue weighted by atomic mass is 32.1. The number of carbonyl (C=O) groups excluding carboxylic acids is 1. The third-order valence-electron chi connectivity index (χ3n) is 3.52. The summed E-state index contributed by atoms with van der Waals surface area (Å²) in [4.78, 5) is 15.1. The van der Waals surface area contributed by atoms with Gasteiger partial charge in [0.05, 0.1) is 4.99 Å². The molecule has 2 N–H and O–H groups in total. The van der Waals surface area contributed by atoms with E-state index in [-0.39, 0.29) is 11.8 Å². The lowest BCUT2D eigenvalue weighted by Gasteiger charge is -2.27. The Labute approximate surface area is 131 Å². The van der Waals surface area contributed by atoms with E-state index in [0.29, 0.717) is 37.0 Å². The number of thiocarbonyl (C=S) groups is 1. The first-order valence-electron chi connectivity index (χ1n) is 7.28. The number of hydrogen-bond acceptors (Lipinski definition) is 3. The van der Waals surface area contributed by atoms with Gasteiger partial charge in [0, 0.05) is 25.1 Å². The van der Waals surface area contributed by atoms with Crippen LogP contribution in [0.25, 0.3) is 0 Å². The fraction of sp³-hybridized carbons (Fsp3) is 0.500. The lowest BCUT2D eigenvalue weighted by Crippen LogP contribution is -2.40. The summed E-state index contributed by atoms with van der Waals surface area (Å²) in [6.45, 7) is 5.89. The molecular weight excluding hydrogens is 284 g/mol. The molecule has 0 saturated carbocycles. The van der Waals surface area contributed by atoms with Gasteiger partial charge in [0.25, 0.3) is 0 Å². The second-order valence-electron chi connectivity index (χ2n) is 5.80. The van der Waals surface area contributed by atoms with Crippen LogP contribution in [0.2, 0.25) is 0 Å². The average molecular weight is 306 g/mol. The number of para-hydroxylation sites is 1. The normalized spacial score (nSPS) is 16.4. The lowest BCUT2D eigenvalue weighted by atomic mass is 9.99. The van der Waals surface area contributed by atoms with Gasteiger partial charge < -0.3 is 15.4 Å². The second kappa shape index (κ2) is 6.89. The number of carbonyl (C=O) groups is 1. The van der Waals surface area contributed by atoms with Crippen LogP contribution in [0.3, 0.4) is 0 Å². The Hall–Kier alpha value is -1.62. The first kappa shape index (κ1) is 15.8. The van der Waals surface area contributed by atoms with Gasteiger partial charge >= 0.3 is 0 Å². The van der Waals surface area contributed by atoms with Crippen molar-refractivity contribution in [1.29, 1.82) is 0 Å². The maximum Gasteiger partial charge on any atom is 0.233 e. The summed E-state index contributed by atoms with van der Waals surface area (Å²) < 4.78 is 5.61. The highest BCUT2D eigenvalue weighted by Crippen LogP contribution is 2.34. The molecule has 1 heterocycles. The SMILES string of the molecule is CC(C)CN(CCC(N)=S)C(=O)C1COc2ccccc21. The number of hydrogen-bond donors (Lipinski definition) is 1. The molecule has 0 aliphatic carbocycles. The largest absolute Gasteiger partial charge is 0.492 e. The minimum absolute atomic E-state index is 0.102. The fourth-order valence-corrected chi connectivity index (χ4v) is 2.66. The molecule has 0 aromatic heterocycles. The van der Waals surface area contributed by atoms with Gasteiger partial charge in [-0.15, -0.1) is 0 Å². The minimum Gasteiger partial charge on any atom is -0.492 e. The molecule has 2 rings (SSSR count). The molecule has 1 aliphatic rings. The van der Waals surface area contributed by atoms with E-state index in [1.165, 1.54) is 0 Å². The third kappa shape index (κ3) is 3.94. The molecule has 0 radical (unpaired) electrons. The molecule has 1 aromatic rings. The van der Waals surface area contributed by atoms with E-state index in [2.05, 4.69) is 13.8 Å². The molecule has 1 aliphatic heterocycles. The van der Waals surface area contributed by atoms with Gasteiger partial charge in [-0.25, -0.2) is 0 Å². The van der Waals surface area contributed by atoms with Crippen LogP contribution in [-0.4, -0.2) is 35.5 Å². The van der Waals surface area contributed by atoms with Crippen LogP contribution in [0.5, 0.6) is 5.75 Å². The van der Waals surface area contributed by atoms with E-state index in [9.17, 15) is 4.79 Å². The molecule has 114 valence electrons. The molecule has 1 amide bonds. The first-order chi connectivity index (χ1) is 9.99. The van der Waals surface area contributed by atoms with Gasteiger partial charge in [-0.1, -0.05) is 44.3 Å². The summed E-state index contributed by atoms with van der Waals surface area (Å²) in [5, 5.41) is 0. The van der Waals surface area contributed by atoms with Crippen LogP contribution in [0.15, 0.2) is 24.3 Å². The van der Waals surface area contributed by atoms with Crippen molar-refractivity contribution in [1.82, 2.24) is 4.90 Å². The van der Waals surface area contributed by atoms with Crippen LogP contribution in [0.4, 0.5) is 0 Å². The lowest BCUT2D eigenvalue weighted by molar-refractivity contribution is -0.133. The minimum atomic E-state index is -0.216. The number of benzene rings is 1. The van der Waals surface area contributed by atoms with Gasteiger partial charge in [0.1, 0.15) is 18.3 Å². The summed E-state index contributed by atoms with van der Waals surface area (Å²) in [5.74, 6) is 1.10. The molecule has 1 unspecified atom stereocenters. The number of rotatable bonds is 6. The van der Waals surface area contributed by atoms with Crippen molar-refractivity contribution in [3.63, 3.8) is 0 Å². The number of nitrogens with zero attached hydrogens (tertiary/aromatic N) is 1. The Kier molecular flexibility index (Phi) is 5.17. The zero-order valence-corrected chi connectivity index (χ0v) is 13.4. The van der Waals surface area contributed by atoms with Gasteiger partial charge in [-0.2, -0.15) is 0 Å². The highest BCUT2D eigenvalue weighted by molar-refractivity contribution is 7.80. The van der Waals surface area contributed by atoms with E-state index in [4.69, 9.17) is 22.7 Å². The summed E-state index contributed by atoms with van der Waals surface area (Å²) in [5.41, 5.74) is 6.55. The Bertz CT molecular complexity index is 531. The summed E-state index contributed by atoms with van der Waals surface area (Å²) in [7, 11) is 0. The van der Waals surface area contributed by atoms with Crippen LogP contribution in [0.1, 0.15) is 31.7 Å². The number of nitrogens with two attached hydrogens (primary N) is 1. The maximum atomic E-state index is 12.8. The Morgan fingerprint density at radius 1 is 1.48 bits per heavy atom. The van der Waals surface area contributed by atoms with E-state index >= 15 is 0 Å². The molecular formula is C16H22N2O2S. The van der Waals surface area contributed by atoms with Crippen LogP contribution in [0, 0.1) is 5.92 Å². The fourth-order valence-electron chi connectivity index (χ4n) is 2.56. The molecule has 1 atom stereocenters. The third-order valence-corrected chi connectivity index (χ3v) is 3.73. The molecule has 21 heavy (non-hydrogen) atoms. The number of fused-ring (bicyclic) bond motifs is 1. The van der Waals surface area contributed by atoms with Crippen LogP contribution in [-0.2, 0) is 4.79 Å².